The van der Waals surface area contributed by atoms with Crippen molar-refractivity contribution in [3.8, 4) is 0 Å². The largest absolute Gasteiger partial charge is 0.322 e. The molecule has 3 nitrogen and oxygen atoms in total. The SMILES string of the molecule is [CH2]c1ccc(NC(=O)c2ccc(C(C)=O)cc2)cc1. The molecule has 0 aromatic heterocycles. The topological polar surface area (TPSA) is 46.2 Å². The lowest BCUT2D eigenvalue weighted by Crippen LogP contribution is -2.11. The highest BCUT2D eigenvalue weighted by Gasteiger charge is 2.06. The van der Waals surface area contributed by atoms with Crippen LogP contribution in [0.2, 0.25) is 0 Å². The van der Waals surface area contributed by atoms with E-state index in [1.54, 1.807) is 36.4 Å². The zero-order valence-corrected chi connectivity index (χ0v) is 10.6. The number of Topliss-reactive ketones (excluding diaryl/α,β-unsaturated/α-hetero) is 1. The summed E-state index contributed by atoms with van der Waals surface area (Å²) in [5.41, 5.74) is 2.72. The van der Waals surface area contributed by atoms with Crippen LogP contribution in [0.4, 0.5) is 5.69 Å². The van der Waals surface area contributed by atoms with Gasteiger partial charge in [0, 0.05) is 16.8 Å². The molecule has 0 fully saturated rings. The third-order valence-corrected chi connectivity index (χ3v) is 2.77. The molecular formula is C16H14NO2. The molecule has 0 saturated heterocycles. The summed E-state index contributed by atoms with van der Waals surface area (Å²) < 4.78 is 0. The fourth-order valence-electron chi connectivity index (χ4n) is 1.65. The molecule has 95 valence electrons. The van der Waals surface area contributed by atoms with Crippen molar-refractivity contribution >= 4 is 17.4 Å². The van der Waals surface area contributed by atoms with Crippen LogP contribution in [0.25, 0.3) is 0 Å². The van der Waals surface area contributed by atoms with Gasteiger partial charge in [0.2, 0.25) is 0 Å². The van der Waals surface area contributed by atoms with E-state index in [4.69, 9.17) is 0 Å². The van der Waals surface area contributed by atoms with Gasteiger partial charge in [-0.25, -0.2) is 0 Å². The Bertz CT molecular complexity index is 598. The van der Waals surface area contributed by atoms with Gasteiger partial charge in [-0.3, -0.25) is 9.59 Å². The highest BCUT2D eigenvalue weighted by molar-refractivity contribution is 6.05. The average Bonchev–Trinajstić information content (AvgIpc) is 2.41. The number of carbonyl (C=O) groups excluding carboxylic acids is 2. The molecule has 2 aromatic rings. The molecule has 0 bridgehead atoms. The Hall–Kier alpha value is -2.42. The van der Waals surface area contributed by atoms with Crippen molar-refractivity contribution in [1.82, 2.24) is 0 Å². The Morgan fingerprint density at radius 2 is 1.42 bits per heavy atom. The third kappa shape index (κ3) is 3.28. The summed E-state index contributed by atoms with van der Waals surface area (Å²) in [5.74, 6) is -0.218. The standard InChI is InChI=1S/C16H14NO2/c1-11-3-9-15(10-4-11)17-16(19)14-7-5-13(6-8-14)12(2)18/h3-10H,1H2,2H3,(H,17,19). The maximum Gasteiger partial charge on any atom is 0.255 e. The van der Waals surface area contributed by atoms with Gasteiger partial charge < -0.3 is 5.32 Å². The average molecular weight is 252 g/mol. The van der Waals surface area contributed by atoms with Gasteiger partial charge in [-0.05, 0) is 43.7 Å². The number of anilines is 1. The highest BCUT2D eigenvalue weighted by Crippen LogP contribution is 2.11. The van der Waals surface area contributed by atoms with Gasteiger partial charge in [-0.2, -0.15) is 0 Å². The van der Waals surface area contributed by atoms with Gasteiger partial charge in [0.15, 0.2) is 5.78 Å². The van der Waals surface area contributed by atoms with Crippen LogP contribution in [0, 0.1) is 6.92 Å². The quantitative estimate of drug-likeness (QED) is 0.852. The highest BCUT2D eigenvalue weighted by atomic mass is 16.1. The van der Waals surface area contributed by atoms with Crippen molar-refractivity contribution < 1.29 is 9.59 Å². The predicted octanol–water partition coefficient (Wildman–Crippen LogP) is 3.32. The Morgan fingerprint density at radius 1 is 0.895 bits per heavy atom. The van der Waals surface area contributed by atoms with Crippen molar-refractivity contribution in [3.63, 3.8) is 0 Å². The molecular weight excluding hydrogens is 238 g/mol. The molecule has 0 aliphatic carbocycles. The van der Waals surface area contributed by atoms with E-state index in [1.807, 2.05) is 12.1 Å². The molecule has 1 N–H and O–H groups in total. The normalized spacial score (nSPS) is 10.0. The zero-order valence-electron chi connectivity index (χ0n) is 10.6. The van der Waals surface area contributed by atoms with Gasteiger partial charge in [-0.1, -0.05) is 24.3 Å². The monoisotopic (exact) mass is 252 g/mol. The van der Waals surface area contributed by atoms with Gasteiger partial charge in [0.05, 0.1) is 0 Å². The first kappa shape index (κ1) is 13.0. The second kappa shape index (κ2) is 5.48. The molecule has 2 aromatic carbocycles. The molecule has 19 heavy (non-hydrogen) atoms. The minimum absolute atomic E-state index is 0.0157. The number of rotatable bonds is 3. The van der Waals surface area contributed by atoms with Crippen LogP contribution in [0.3, 0.4) is 0 Å². The summed E-state index contributed by atoms with van der Waals surface area (Å²) in [4.78, 5) is 23.1. The predicted molar refractivity (Wildman–Crippen MR) is 75.3 cm³/mol. The summed E-state index contributed by atoms with van der Waals surface area (Å²) in [6.45, 7) is 5.28. The lowest BCUT2D eigenvalue weighted by atomic mass is 10.1. The Kier molecular flexibility index (Phi) is 3.76. The first-order valence-corrected chi connectivity index (χ1v) is 5.90. The molecule has 0 unspecified atom stereocenters. The maximum absolute atomic E-state index is 12.0. The molecule has 1 radical (unpaired) electrons. The first-order chi connectivity index (χ1) is 9.06. The second-order valence-corrected chi connectivity index (χ2v) is 4.28. The number of benzene rings is 2. The molecule has 0 aliphatic rings. The second-order valence-electron chi connectivity index (χ2n) is 4.28. The number of hydrogen-bond donors (Lipinski definition) is 1. The van der Waals surface area contributed by atoms with E-state index in [-0.39, 0.29) is 11.7 Å². The number of nitrogens with one attached hydrogen (secondary N) is 1. The molecule has 3 heteroatoms. The number of carbonyl (C=O) groups is 2. The van der Waals surface area contributed by atoms with E-state index in [0.29, 0.717) is 16.8 Å². The minimum Gasteiger partial charge on any atom is -0.322 e. The molecule has 0 spiro atoms. The van der Waals surface area contributed by atoms with Crippen LogP contribution in [0.5, 0.6) is 0 Å². The lowest BCUT2D eigenvalue weighted by Gasteiger charge is -2.06. The molecule has 0 atom stereocenters. The summed E-state index contributed by atoms with van der Waals surface area (Å²) >= 11 is 0. The van der Waals surface area contributed by atoms with Crippen molar-refractivity contribution in [2.75, 3.05) is 5.32 Å². The van der Waals surface area contributed by atoms with E-state index in [0.717, 1.165) is 5.56 Å². The van der Waals surface area contributed by atoms with Crippen molar-refractivity contribution in [1.29, 1.82) is 0 Å². The maximum atomic E-state index is 12.0. The molecule has 0 saturated carbocycles. The van der Waals surface area contributed by atoms with Gasteiger partial charge in [-0.15, -0.1) is 0 Å². The zero-order chi connectivity index (χ0) is 13.8. The fourth-order valence-corrected chi connectivity index (χ4v) is 1.65. The Balaban J connectivity index is 2.11. The van der Waals surface area contributed by atoms with Crippen LogP contribution in [0.15, 0.2) is 48.5 Å². The summed E-state index contributed by atoms with van der Waals surface area (Å²) in [5, 5.41) is 2.78. The Labute approximate surface area is 112 Å². The smallest absolute Gasteiger partial charge is 0.255 e. The molecule has 1 amide bonds. The third-order valence-electron chi connectivity index (χ3n) is 2.77. The summed E-state index contributed by atoms with van der Waals surface area (Å²) in [6.07, 6.45) is 0. The van der Waals surface area contributed by atoms with Crippen LogP contribution in [-0.2, 0) is 0 Å². The molecule has 2 rings (SSSR count). The lowest BCUT2D eigenvalue weighted by molar-refractivity contribution is 0.101. The number of hydrogen-bond acceptors (Lipinski definition) is 2. The van der Waals surface area contributed by atoms with Crippen LogP contribution in [-0.4, -0.2) is 11.7 Å². The van der Waals surface area contributed by atoms with E-state index in [1.165, 1.54) is 6.92 Å². The van der Waals surface area contributed by atoms with Crippen LogP contribution >= 0.6 is 0 Å². The number of ketones is 1. The van der Waals surface area contributed by atoms with E-state index in [9.17, 15) is 9.59 Å². The Morgan fingerprint density at radius 3 is 1.95 bits per heavy atom. The van der Waals surface area contributed by atoms with Crippen molar-refractivity contribution in [2.45, 2.75) is 6.92 Å². The van der Waals surface area contributed by atoms with Crippen molar-refractivity contribution in [3.05, 3.63) is 72.1 Å². The van der Waals surface area contributed by atoms with E-state index >= 15 is 0 Å². The van der Waals surface area contributed by atoms with Crippen LogP contribution < -0.4 is 5.32 Å². The van der Waals surface area contributed by atoms with Gasteiger partial charge >= 0.3 is 0 Å². The van der Waals surface area contributed by atoms with Gasteiger partial charge in [0.1, 0.15) is 0 Å². The molecule has 0 heterocycles. The fraction of sp³-hybridized carbons (Fsp3) is 0.0625. The minimum atomic E-state index is -0.202. The molecule has 0 aliphatic heterocycles. The van der Waals surface area contributed by atoms with Crippen molar-refractivity contribution in [2.24, 2.45) is 0 Å². The number of amides is 1. The van der Waals surface area contributed by atoms with Gasteiger partial charge in [0.25, 0.3) is 5.91 Å². The van der Waals surface area contributed by atoms with E-state index in [2.05, 4.69) is 12.2 Å². The van der Waals surface area contributed by atoms with E-state index < -0.39 is 0 Å². The summed E-state index contributed by atoms with van der Waals surface area (Å²) in [6, 6.07) is 13.8. The first-order valence-electron chi connectivity index (χ1n) is 5.90. The summed E-state index contributed by atoms with van der Waals surface area (Å²) in [7, 11) is 0. The van der Waals surface area contributed by atoms with Crippen LogP contribution in [0.1, 0.15) is 33.2 Å².